The number of aromatic nitrogens is 5. The van der Waals surface area contributed by atoms with Crippen LogP contribution >= 0.6 is 0 Å². The van der Waals surface area contributed by atoms with Crippen LogP contribution in [0.3, 0.4) is 0 Å². The molecule has 4 heterocycles. The number of hydrogen-bond acceptors (Lipinski definition) is 4. The molecule has 4 aromatic heterocycles. The van der Waals surface area contributed by atoms with E-state index < -0.39 is 0 Å². The number of fused-ring (bicyclic) bond motifs is 10. The molecule has 6 nitrogen and oxygen atoms in total. The van der Waals surface area contributed by atoms with Gasteiger partial charge in [0.05, 0.1) is 42.7 Å². The summed E-state index contributed by atoms with van der Waals surface area (Å²) in [5, 5.41) is 2.68. The van der Waals surface area contributed by atoms with E-state index in [1.165, 1.54) is 12.1 Å². The molecule has 0 unspecified atom stereocenters. The summed E-state index contributed by atoms with van der Waals surface area (Å²) in [5.74, 6) is 1.49. The van der Waals surface area contributed by atoms with Crippen LogP contribution in [-0.4, -0.2) is 24.1 Å². The third-order valence-electron chi connectivity index (χ3n) is 10.6. The average molecular weight is 737 g/mol. The van der Waals surface area contributed by atoms with E-state index in [1.54, 1.807) is 6.07 Å². The van der Waals surface area contributed by atoms with Crippen molar-refractivity contribution in [1.82, 2.24) is 24.1 Å². The van der Waals surface area contributed by atoms with E-state index in [1.807, 2.05) is 137 Å². The maximum absolute atomic E-state index is 9.66. The van der Waals surface area contributed by atoms with Crippen LogP contribution in [0.5, 0.6) is 0 Å². The SMILES string of the molecule is [2H]c1cc([2H])c2c(c1)c1c([2H])c([2H])c3c4c([2H])c([2H])cc([2H])c4n(-c4ccccc4)c3c1n2-c1cccc2oc3ccc(-c4nc(-c5ccccc5)nc(-c5ccccc5)n4)cc3c12. The first-order valence-corrected chi connectivity index (χ1v) is 18.5. The summed E-state index contributed by atoms with van der Waals surface area (Å²) >= 11 is 0. The lowest BCUT2D eigenvalue weighted by Gasteiger charge is -2.13. The first-order valence-electron chi connectivity index (χ1n) is 22.0. The molecule has 0 amide bonds. The molecule has 0 aliphatic rings. The predicted octanol–water partition coefficient (Wildman–Crippen LogP) is 13.0. The highest BCUT2D eigenvalue weighted by Crippen LogP contribution is 2.44. The van der Waals surface area contributed by atoms with Gasteiger partial charge in [-0.2, -0.15) is 0 Å². The van der Waals surface area contributed by atoms with Gasteiger partial charge < -0.3 is 13.6 Å². The third kappa shape index (κ3) is 4.81. The van der Waals surface area contributed by atoms with Crippen molar-refractivity contribution < 1.29 is 14.0 Å². The van der Waals surface area contributed by atoms with Crippen LogP contribution in [0.2, 0.25) is 0 Å². The highest BCUT2D eigenvalue weighted by molar-refractivity contribution is 6.24. The van der Waals surface area contributed by atoms with E-state index >= 15 is 0 Å². The van der Waals surface area contributed by atoms with Crippen LogP contribution in [0.15, 0.2) is 192 Å². The van der Waals surface area contributed by atoms with E-state index in [-0.39, 0.29) is 53.1 Å². The maximum Gasteiger partial charge on any atom is 0.164 e. The second kappa shape index (κ2) is 12.3. The zero-order valence-corrected chi connectivity index (χ0v) is 30.0. The molecule has 0 saturated heterocycles. The number of furan rings is 1. The minimum Gasteiger partial charge on any atom is -0.456 e. The topological polar surface area (TPSA) is 61.7 Å². The van der Waals surface area contributed by atoms with Crippen LogP contribution in [0.1, 0.15) is 9.60 Å². The lowest BCUT2D eigenvalue weighted by atomic mass is 10.1. The fraction of sp³-hybridized carbons (Fsp3) is 0. The molecule has 12 aromatic rings. The normalized spacial score (nSPS) is 13.6. The van der Waals surface area contributed by atoms with Crippen molar-refractivity contribution in [1.29, 1.82) is 0 Å². The largest absolute Gasteiger partial charge is 0.456 e. The minimum absolute atomic E-state index is 0.00736. The van der Waals surface area contributed by atoms with Gasteiger partial charge in [0.1, 0.15) is 11.2 Å². The summed E-state index contributed by atoms with van der Waals surface area (Å²) in [4.78, 5) is 14.9. The molecule has 0 spiro atoms. The van der Waals surface area contributed by atoms with Crippen LogP contribution in [0.25, 0.3) is 111 Å². The summed E-state index contributed by atoms with van der Waals surface area (Å²) in [5.41, 5.74) is 6.40. The average Bonchev–Trinajstić information content (AvgIpc) is 3.99. The van der Waals surface area contributed by atoms with E-state index in [0.29, 0.717) is 83.8 Å². The molecular formula is C51H31N5O. The molecule has 0 bridgehead atoms. The Morgan fingerprint density at radius 1 is 0.421 bits per heavy atom. The van der Waals surface area contributed by atoms with E-state index in [4.69, 9.17) is 22.1 Å². The first kappa shape index (κ1) is 25.3. The van der Waals surface area contributed by atoms with Gasteiger partial charge in [-0.05, 0) is 54.5 Å². The van der Waals surface area contributed by atoms with Crippen molar-refractivity contribution in [3.8, 4) is 45.5 Å². The van der Waals surface area contributed by atoms with Gasteiger partial charge in [-0.1, -0.05) is 133 Å². The molecule has 12 rings (SSSR count). The Morgan fingerprint density at radius 2 is 1.04 bits per heavy atom. The highest BCUT2D eigenvalue weighted by atomic mass is 16.3. The second-order valence-corrected chi connectivity index (χ2v) is 13.8. The molecule has 0 fully saturated rings. The van der Waals surface area contributed by atoms with E-state index in [2.05, 4.69) is 0 Å². The Balaban J connectivity index is 1.23. The van der Waals surface area contributed by atoms with Crippen molar-refractivity contribution in [3.05, 3.63) is 188 Å². The maximum atomic E-state index is 9.66. The molecular weight excluding hydrogens is 699 g/mol. The Hall–Kier alpha value is -7.83. The van der Waals surface area contributed by atoms with Crippen LogP contribution < -0.4 is 0 Å². The molecule has 8 aromatic carbocycles. The number of benzene rings is 8. The minimum atomic E-state index is -0.180. The molecule has 57 heavy (non-hydrogen) atoms. The number of rotatable bonds is 5. The van der Waals surface area contributed by atoms with Crippen molar-refractivity contribution in [2.24, 2.45) is 0 Å². The first-order chi connectivity index (χ1) is 31.2. The third-order valence-corrected chi connectivity index (χ3v) is 10.6. The summed E-state index contributed by atoms with van der Waals surface area (Å²) in [6.07, 6.45) is 0. The van der Waals surface area contributed by atoms with Crippen molar-refractivity contribution in [2.75, 3.05) is 0 Å². The summed E-state index contributed by atoms with van der Waals surface area (Å²) in [6.45, 7) is 0. The number of hydrogen-bond donors (Lipinski definition) is 0. The van der Waals surface area contributed by atoms with Gasteiger partial charge in [-0.3, -0.25) is 0 Å². The van der Waals surface area contributed by atoms with Gasteiger partial charge in [-0.15, -0.1) is 0 Å². The zero-order chi connectivity index (χ0) is 43.5. The molecule has 6 heteroatoms. The van der Waals surface area contributed by atoms with Crippen LogP contribution in [0.4, 0.5) is 0 Å². The van der Waals surface area contributed by atoms with Crippen molar-refractivity contribution in [3.63, 3.8) is 0 Å². The summed E-state index contributed by atoms with van der Waals surface area (Å²) in [6, 6.07) is 44.2. The van der Waals surface area contributed by atoms with Crippen molar-refractivity contribution >= 4 is 65.6 Å². The van der Waals surface area contributed by atoms with E-state index in [9.17, 15) is 6.85 Å². The van der Waals surface area contributed by atoms with Gasteiger partial charge in [0.25, 0.3) is 0 Å². The fourth-order valence-electron chi connectivity index (χ4n) is 8.12. The molecule has 0 aliphatic heterocycles. The lowest BCUT2D eigenvalue weighted by Crippen LogP contribution is -2.00. The fourth-order valence-corrected chi connectivity index (χ4v) is 8.12. The molecule has 0 atom stereocenters. The monoisotopic (exact) mass is 736 g/mol. The zero-order valence-electron chi connectivity index (χ0n) is 37.0. The Kier molecular flexibility index (Phi) is 5.48. The Morgan fingerprint density at radius 3 is 1.75 bits per heavy atom. The lowest BCUT2D eigenvalue weighted by molar-refractivity contribution is 0.669. The molecule has 0 aliphatic carbocycles. The van der Waals surface area contributed by atoms with Gasteiger partial charge in [0.15, 0.2) is 17.5 Å². The summed E-state index contributed by atoms with van der Waals surface area (Å²) < 4.78 is 74.8. The predicted molar refractivity (Wildman–Crippen MR) is 232 cm³/mol. The number of nitrogens with zero attached hydrogens (tertiary/aromatic N) is 5. The van der Waals surface area contributed by atoms with Gasteiger partial charge in [-0.25, -0.2) is 15.0 Å². The van der Waals surface area contributed by atoms with Gasteiger partial charge >= 0.3 is 0 Å². The molecule has 0 radical (unpaired) electrons. The number of para-hydroxylation sites is 3. The Labute approximate surface area is 336 Å². The van der Waals surface area contributed by atoms with Gasteiger partial charge in [0, 0.05) is 49.3 Å². The van der Waals surface area contributed by atoms with Crippen LogP contribution in [0, 0.1) is 0 Å². The van der Waals surface area contributed by atoms with Gasteiger partial charge in [0.2, 0.25) is 0 Å². The standard InChI is InChI=1S/C51H31N5O/c1-4-15-32(16-5-1)49-52-50(33-17-6-2-7-18-33)54-51(53-49)34-27-30-44-40(31-34)46-43(25-14-26-45(46)57-44)56-42-24-13-11-22-37(42)39-29-28-38-36-21-10-12-23-41(36)55(47(38)48(39)56)35-19-8-3-9-20-35/h1-31H/i10D,11D,21D,23D,24D,28D,29D. The van der Waals surface area contributed by atoms with Crippen LogP contribution in [-0.2, 0) is 0 Å². The Bertz CT molecular complexity index is 3870. The smallest absolute Gasteiger partial charge is 0.164 e. The van der Waals surface area contributed by atoms with E-state index in [0.717, 1.165) is 16.5 Å². The molecule has 0 saturated carbocycles. The highest BCUT2D eigenvalue weighted by Gasteiger charge is 2.23. The van der Waals surface area contributed by atoms with Crippen molar-refractivity contribution in [2.45, 2.75) is 0 Å². The molecule has 0 N–H and O–H groups in total. The summed E-state index contributed by atoms with van der Waals surface area (Å²) in [7, 11) is 0. The molecule has 266 valence electrons. The quantitative estimate of drug-likeness (QED) is 0.176. The second-order valence-electron chi connectivity index (χ2n) is 13.8.